The number of carbonyl (C=O) groups excluding carboxylic acids is 1. The molecule has 0 N–H and O–H groups in total. The van der Waals surface area contributed by atoms with Crippen molar-refractivity contribution in [3.8, 4) is 11.5 Å². The molecule has 0 saturated carbocycles. The van der Waals surface area contributed by atoms with Crippen molar-refractivity contribution in [1.29, 1.82) is 0 Å². The van der Waals surface area contributed by atoms with E-state index in [-0.39, 0.29) is 19.4 Å². The monoisotopic (exact) mass is 498 g/mol. The molecule has 9 nitrogen and oxygen atoms in total. The van der Waals surface area contributed by atoms with E-state index in [0.29, 0.717) is 5.56 Å². The van der Waals surface area contributed by atoms with Gasteiger partial charge in [-0.25, -0.2) is 4.79 Å². The summed E-state index contributed by atoms with van der Waals surface area (Å²) in [5, 5.41) is 0. The summed E-state index contributed by atoms with van der Waals surface area (Å²) in [6, 6.07) is 22.2. The number of sulfonamides is 2. The van der Waals surface area contributed by atoms with E-state index in [9.17, 15) is 21.6 Å². The van der Waals surface area contributed by atoms with E-state index in [1.807, 2.05) is 0 Å². The quantitative estimate of drug-likeness (QED) is 0.353. The molecular formula is C23H18N2O7S2. The minimum atomic E-state index is -4.79. The van der Waals surface area contributed by atoms with Crippen molar-refractivity contribution in [2.75, 3.05) is 10.8 Å². The molecule has 0 amide bonds. The number of aromatic nitrogens is 1. The molecule has 4 rings (SSSR count). The van der Waals surface area contributed by atoms with Crippen molar-refractivity contribution in [2.24, 2.45) is 0 Å². The third kappa shape index (κ3) is 4.18. The van der Waals surface area contributed by atoms with Crippen molar-refractivity contribution >= 4 is 31.9 Å². The van der Waals surface area contributed by atoms with Gasteiger partial charge >= 0.3 is 5.97 Å². The molecule has 0 saturated heterocycles. The average Bonchev–Trinajstić information content (AvgIpc) is 3.29. The predicted octanol–water partition coefficient (Wildman–Crippen LogP) is 3.71. The summed E-state index contributed by atoms with van der Waals surface area (Å²) in [7, 11) is -8.52. The molecule has 0 radical (unpaired) electrons. The number of rotatable bonds is 7. The van der Waals surface area contributed by atoms with E-state index in [0.717, 1.165) is 7.11 Å². The molecule has 34 heavy (non-hydrogen) atoms. The van der Waals surface area contributed by atoms with Crippen LogP contribution in [0.2, 0.25) is 0 Å². The molecule has 0 spiro atoms. The molecule has 0 unspecified atom stereocenters. The minimum Gasteiger partial charge on any atom is -0.464 e. The summed E-state index contributed by atoms with van der Waals surface area (Å²) in [4.78, 5) is 16.0. The van der Waals surface area contributed by atoms with Crippen LogP contribution in [-0.2, 0) is 24.8 Å². The van der Waals surface area contributed by atoms with Crippen LogP contribution in [0.4, 0.5) is 5.88 Å². The van der Waals surface area contributed by atoms with Crippen LogP contribution >= 0.6 is 0 Å². The Morgan fingerprint density at radius 1 is 0.765 bits per heavy atom. The molecule has 0 aliphatic rings. The van der Waals surface area contributed by atoms with Gasteiger partial charge in [0.1, 0.15) is 0 Å². The Labute approximate surface area is 196 Å². The van der Waals surface area contributed by atoms with E-state index in [4.69, 9.17) is 9.15 Å². The highest BCUT2D eigenvalue weighted by molar-refractivity contribution is 8.10. The molecule has 3 aromatic carbocycles. The summed E-state index contributed by atoms with van der Waals surface area (Å²) >= 11 is 0. The lowest BCUT2D eigenvalue weighted by Gasteiger charge is -2.22. The van der Waals surface area contributed by atoms with Crippen LogP contribution in [0.5, 0.6) is 0 Å². The average molecular weight is 499 g/mol. The Balaban J connectivity index is 2.04. The Kier molecular flexibility index (Phi) is 6.22. The van der Waals surface area contributed by atoms with Gasteiger partial charge < -0.3 is 9.15 Å². The maximum Gasteiger partial charge on any atom is 0.362 e. The highest BCUT2D eigenvalue weighted by atomic mass is 32.3. The van der Waals surface area contributed by atoms with Gasteiger partial charge in [0, 0.05) is 5.56 Å². The summed E-state index contributed by atoms with van der Waals surface area (Å²) < 4.78 is 65.1. The number of ether oxygens (including phenoxy) is 1. The number of anilines is 1. The van der Waals surface area contributed by atoms with Crippen LogP contribution in [0.15, 0.2) is 105 Å². The van der Waals surface area contributed by atoms with E-state index < -0.39 is 37.6 Å². The van der Waals surface area contributed by atoms with Gasteiger partial charge in [-0.2, -0.15) is 21.8 Å². The van der Waals surface area contributed by atoms with Crippen LogP contribution in [0.25, 0.3) is 11.5 Å². The third-order valence-corrected chi connectivity index (χ3v) is 8.81. The van der Waals surface area contributed by atoms with Gasteiger partial charge in [0.15, 0.2) is 0 Å². The van der Waals surface area contributed by atoms with Crippen molar-refractivity contribution in [3.63, 3.8) is 0 Å². The van der Waals surface area contributed by atoms with Crippen molar-refractivity contribution in [1.82, 2.24) is 4.98 Å². The number of esters is 1. The number of hydrogen-bond acceptors (Lipinski definition) is 8. The second-order valence-electron chi connectivity index (χ2n) is 6.86. The fourth-order valence-corrected chi connectivity index (χ4v) is 6.71. The van der Waals surface area contributed by atoms with Gasteiger partial charge in [0.05, 0.1) is 16.9 Å². The molecule has 11 heteroatoms. The fraction of sp³-hybridized carbons (Fsp3) is 0.0435. The zero-order valence-electron chi connectivity index (χ0n) is 17.7. The lowest BCUT2D eigenvalue weighted by atomic mass is 10.2. The first-order valence-corrected chi connectivity index (χ1v) is 12.7. The Hall–Kier alpha value is -3.96. The third-order valence-electron chi connectivity index (χ3n) is 4.69. The van der Waals surface area contributed by atoms with Gasteiger partial charge in [0.25, 0.3) is 25.9 Å². The minimum absolute atomic E-state index is 0.0797. The van der Waals surface area contributed by atoms with E-state index in [1.165, 1.54) is 48.5 Å². The maximum absolute atomic E-state index is 13.7. The first-order valence-electron chi connectivity index (χ1n) is 9.82. The van der Waals surface area contributed by atoms with Crippen LogP contribution in [-0.4, -0.2) is 34.9 Å². The lowest BCUT2D eigenvalue weighted by Crippen LogP contribution is -2.37. The van der Waals surface area contributed by atoms with Crippen LogP contribution < -0.4 is 3.71 Å². The summed E-state index contributed by atoms with van der Waals surface area (Å²) in [5.74, 6) is -2.04. The zero-order chi connectivity index (χ0) is 24.3. The second-order valence-corrected chi connectivity index (χ2v) is 10.7. The highest BCUT2D eigenvalue weighted by Gasteiger charge is 2.43. The number of carbonyl (C=O) groups is 1. The maximum atomic E-state index is 13.7. The number of benzene rings is 3. The normalized spacial score (nSPS) is 11.7. The van der Waals surface area contributed by atoms with Gasteiger partial charge in [-0.05, 0) is 36.4 Å². The summed E-state index contributed by atoms with van der Waals surface area (Å²) in [6.45, 7) is 0. The second kappa shape index (κ2) is 9.12. The molecule has 1 aromatic heterocycles. The molecule has 0 aliphatic carbocycles. The number of nitrogens with zero attached hydrogens (tertiary/aromatic N) is 2. The summed E-state index contributed by atoms with van der Waals surface area (Å²) in [6.07, 6.45) is 0. The largest absolute Gasteiger partial charge is 0.464 e. The Bertz CT molecular complexity index is 1450. The van der Waals surface area contributed by atoms with E-state index in [1.54, 1.807) is 42.5 Å². The van der Waals surface area contributed by atoms with E-state index >= 15 is 0 Å². The number of methoxy groups -OCH3 is 1. The lowest BCUT2D eigenvalue weighted by molar-refractivity contribution is 0.0595. The molecule has 174 valence electrons. The first kappa shape index (κ1) is 23.2. The SMILES string of the molecule is COC(=O)c1nc(-c2ccccc2)oc1N(S(=O)(=O)c1ccccc1)S(=O)(=O)c1ccccc1. The molecule has 4 aromatic rings. The smallest absolute Gasteiger partial charge is 0.362 e. The molecule has 1 heterocycles. The van der Waals surface area contributed by atoms with Gasteiger partial charge in [0.2, 0.25) is 11.6 Å². The van der Waals surface area contributed by atoms with Gasteiger partial charge in [-0.15, -0.1) is 3.71 Å². The first-order chi connectivity index (χ1) is 16.3. The topological polar surface area (TPSA) is 124 Å². The fourth-order valence-electron chi connectivity index (χ4n) is 3.09. The van der Waals surface area contributed by atoms with Crippen molar-refractivity contribution in [2.45, 2.75) is 9.79 Å². The zero-order valence-corrected chi connectivity index (χ0v) is 19.4. The molecule has 0 fully saturated rings. The number of oxazole rings is 1. The molecule has 0 atom stereocenters. The molecular weight excluding hydrogens is 480 g/mol. The molecule has 0 aliphatic heterocycles. The van der Waals surface area contributed by atoms with Gasteiger partial charge in [-0.1, -0.05) is 54.6 Å². The van der Waals surface area contributed by atoms with Crippen LogP contribution in [0.1, 0.15) is 10.5 Å². The Morgan fingerprint density at radius 2 is 1.21 bits per heavy atom. The standard InChI is InChI=1S/C23H18N2O7S2/c1-31-23(26)20-22(32-21(24-20)17-11-5-2-6-12-17)25(33(27,28)18-13-7-3-8-14-18)34(29,30)19-15-9-4-10-16-19/h2-16H,1H3. The summed E-state index contributed by atoms with van der Waals surface area (Å²) in [5.41, 5.74) is -0.214. The van der Waals surface area contributed by atoms with Crippen LogP contribution in [0, 0.1) is 0 Å². The number of hydrogen-bond donors (Lipinski definition) is 0. The van der Waals surface area contributed by atoms with E-state index in [2.05, 4.69) is 4.98 Å². The molecule has 0 bridgehead atoms. The predicted molar refractivity (Wildman–Crippen MR) is 123 cm³/mol. The van der Waals surface area contributed by atoms with Crippen LogP contribution in [0.3, 0.4) is 0 Å². The Morgan fingerprint density at radius 3 is 1.65 bits per heavy atom. The van der Waals surface area contributed by atoms with Gasteiger partial charge in [-0.3, -0.25) is 0 Å². The van der Waals surface area contributed by atoms with Crippen molar-refractivity contribution in [3.05, 3.63) is 96.7 Å². The highest BCUT2D eigenvalue weighted by Crippen LogP contribution is 2.36. The van der Waals surface area contributed by atoms with Crippen molar-refractivity contribution < 1.29 is 30.8 Å².